The van der Waals surface area contributed by atoms with E-state index in [4.69, 9.17) is 16.3 Å². The van der Waals surface area contributed by atoms with Crippen LogP contribution in [0.2, 0.25) is 0 Å². The van der Waals surface area contributed by atoms with Gasteiger partial charge in [0.1, 0.15) is 0 Å². The predicted molar refractivity (Wildman–Crippen MR) is 47.3 cm³/mol. The molecule has 1 N–H and O–H groups in total. The molecule has 12 heavy (non-hydrogen) atoms. The highest BCUT2D eigenvalue weighted by atomic mass is 35.5. The number of halogens is 1. The lowest BCUT2D eigenvalue weighted by Gasteiger charge is -2.43. The molecule has 2 aliphatic rings. The number of hydrogen-bond donors (Lipinski definition) is 1. The summed E-state index contributed by atoms with van der Waals surface area (Å²) in [6, 6.07) is 0. The van der Waals surface area contributed by atoms with E-state index >= 15 is 0 Å². The van der Waals surface area contributed by atoms with Gasteiger partial charge in [0.05, 0.1) is 23.7 Å². The van der Waals surface area contributed by atoms with Crippen molar-refractivity contribution < 1.29 is 9.84 Å². The van der Waals surface area contributed by atoms with Crippen LogP contribution in [0.15, 0.2) is 0 Å². The molecule has 2 bridgehead atoms. The minimum Gasteiger partial charge on any atom is -0.391 e. The zero-order valence-electron chi connectivity index (χ0n) is 7.46. The highest BCUT2D eigenvalue weighted by molar-refractivity contribution is 6.21. The molecular formula is C9H15ClO2. The zero-order chi connectivity index (χ0) is 8.93. The molecule has 0 amide bonds. The van der Waals surface area contributed by atoms with E-state index in [9.17, 15) is 5.11 Å². The van der Waals surface area contributed by atoms with Crippen molar-refractivity contribution in [3.05, 3.63) is 0 Å². The first-order valence-electron chi connectivity index (χ1n) is 4.51. The molecule has 0 radical (unpaired) electrons. The second-order valence-corrected chi connectivity index (χ2v) is 4.96. The highest BCUT2D eigenvalue weighted by Gasteiger charge is 2.52. The molecule has 70 valence electrons. The lowest BCUT2D eigenvalue weighted by Crippen LogP contribution is -2.52. The fourth-order valence-corrected chi connectivity index (χ4v) is 2.76. The van der Waals surface area contributed by atoms with Crippen LogP contribution in [-0.4, -0.2) is 28.8 Å². The molecule has 2 nitrogen and oxygen atoms in total. The Hall–Kier alpha value is 0.210. The van der Waals surface area contributed by atoms with Crippen LogP contribution >= 0.6 is 11.6 Å². The number of rotatable bonds is 0. The first-order valence-corrected chi connectivity index (χ1v) is 4.94. The Labute approximate surface area is 77.9 Å². The van der Waals surface area contributed by atoms with Gasteiger partial charge >= 0.3 is 0 Å². The number of alkyl halides is 1. The van der Waals surface area contributed by atoms with E-state index in [1.807, 2.05) is 13.8 Å². The standard InChI is InChI=1S/C9H15ClO2/c1-9(2)6-4-3-5(12-6)7(10)8(9)11/h5-8,11H,3-4H2,1-2H3. The summed E-state index contributed by atoms with van der Waals surface area (Å²) in [7, 11) is 0. The van der Waals surface area contributed by atoms with E-state index in [0.717, 1.165) is 12.8 Å². The third-order valence-corrected chi connectivity index (χ3v) is 3.82. The van der Waals surface area contributed by atoms with Gasteiger partial charge < -0.3 is 9.84 Å². The summed E-state index contributed by atoms with van der Waals surface area (Å²) in [6.45, 7) is 4.05. The van der Waals surface area contributed by atoms with Crippen LogP contribution in [-0.2, 0) is 4.74 Å². The van der Waals surface area contributed by atoms with Crippen molar-refractivity contribution in [2.24, 2.45) is 5.41 Å². The van der Waals surface area contributed by atoms with E-state index in [0.29, 0.717) is 0 Å². The van der Waals surface area contributed by atoms with Crippen LogP contribution in [0.5, 0.6) is 0 Å². The van der Waals surface area contributed by atoms with Crippen molar-refractivity contribution in [1.29, 1.82) is 0 Å². The van der Waals surface area contributed by atoms with E-state index < -0.39 is 6.10 Å². The first-order chi connectivity index (χ1) is 5.53. The molecule has 2 heterocycles. The molecule has 0 aromatic rings. The van der Waals surface area contributed by atoms with Gasteiger partial charge in [0.15, 0.2) is 0 Å². The van der Waals surface area contributed by atoms with Crippen LogP contribution in [0, 0.1) is 5.41 Å². The highest BCUT2D eigenvalue weighted by Crippen LogP contribution is 2.46. The van der Waals surface area contributed by atoms with Gasteiger partial charge in [-0.1, -0.05) is 13.8 Å². The maximum absolute atomic E-state index is 9.87. The minimum atomic E-state index is -0.426. The topological polar surface area (TPSA) is 29.5 Å². The molecule has 0 aromatic heterocycles. The van der Waals surface area contributed by atoms with Gasteiger partial charge in [0.25, 0.3) is 0 Å². The van der Waals surface area contributed by atoms with E-state index in [1.165, 1.54) is 0 Å². The summed E-state index contributed by atoms with van der Waals surface area (Å²) < 4.78 is 5.70. The fraction of sp³-hybridized carbons (Fsp3) is 1.00. The molecule has 0 aliphatic carbocycles. The Kier molecular flexibility index (Phi) is 1.90. The quantitative estimate of drug-likeness (QED) is 0.588. The molecule has 2 saturated heterocycles. The maximum Gasteiger partial charge on any atom is 0.0863 e. The van der Waals surface area contributed by atoms with Crippen LogP contribution in [0.1, 0.15) is 26.7 Å². The maximum atomic E-state index is 9.87. The van der Waals surface area contributed by atoms with E-state index in [2.05, 4.69) is 0 Å². The SMILES string of the molecule is CC1(C)C2CCC(O2)C(Cl)C1O. The van der Waals surface area contributed by atoms with Crippen molar-refractivity contribution in [1.82, 2.24) is 0 Å². The van der Waals surface area contributed by atoms with Crippen molar-refractivity contribution in [3.8, 4) is 0 Å². The Morgan fingerprint density at radius 3 is 2.75 bits per heavy atom. The number of ether oxygens (including phenoxy) is 1. The Morgan fingerprint density at radius 1 is 1.42 bits per heavy atom. The second kappa shape index (κ2) is 2.60. The van der Waals surface area contributed by atoms with Crippen molar-refractivity contribution >= 4 is 11.6 Å². The second-order valence-electron chi connectivity index (χ2n) is 4.45. The summed E-state index contributed by atoms with van der Waals surface area (Å²) in [6.07, 6.45) is 1.90. The van der Waals surface area contributed by atoms with Crippen LogP contribution < -0.4 is 0 Å². The van der Waals surface area contributed by atoms with Gasteiger partial charge in [-0.05, 0) is 12.8 Å². The molecule has 2 fully saturated rings. The van der Waals surface area contributed by atoms with Gasteiger partial charge in [-0.3, -0.25) is 0 Å². The average molecular weight is 191 g/mol. The minimum absolute atomic E-state index is 0.0830. The third-order valence-electron chi connectivity index (χ3n) is 3.30. The van der Waals surface area contributed by atoms with Crippen LogP contribution in [0.25, 0.3) is 0 Å². The Balaban J connectivity index is 2.26. The van der Waals surface area contributed by atoms with E-state index in [-0.39, 0.29) is 23.0 Å². The van der Waals surface area contributed by atoms with Crippen LogP contribution in [0.4, 0.5) is 0 Å². The van der Waals surface area contributed by atoms with Crippen molar-refractivity contribution in [2.45, 2.75) is 50.4 Å². The third kappa shape index (κ3) is 1.02. The number of aliphatic hydroxyl groups excluding tert-OH is 1. The van der Waals surface area contributed by atoms with Gasteiger partial charge in [-0.2, -0.15) is 0 Å². The molecule has 3 heteroatoms. The summed E-state index contributed by atoms with van der Waals surface area (Å²) in [5, 5.41) is 9.65. The molecule has 0 aromatic carbocycles. The summed E-state index contributed by atoms with van der Waals surface area (Å²) in [5.74, 6) is 0. The van der Waals surface area contributed by atoms with Gasteiger partial charge in [-0.15, -0.1) is 11.6 Å². The van der Waals surface area contributed by atoms with Crippen LogP contribution in [0.3, 0.4) is 0 Å². The molecule has 4 unspecified atom stereocenters. The van der Waals surface area contributed by atoms with Crippen molar-refractivity contribution in [2.75, 3.05) is 0 Å². The number of hydrogen-bond acceptors (Lipinski definition) is 2. The number of fused-ring (bicyclic) bond motifs is 2. The predicted octanol–water partition coefficient (Wildman–Crippen LogP) is 1.54. The summed E-state index contributed by atoms with van der Waals surface area (Å²) >= 11 is 6.07. The summed E-state index contributed by atoms with van der Waals surface area (Å²) in [5.41, 5.74) is -0.181. The van der Waals surface area contributed by atoms with Gasteiger partial charge in [-0.25, -0.2) is 0 Å². The zero-order valence-corrected chi connectivity index (χ0v) is 8.21. The smallest absolute Gasteiger partial charge is 0.0863 e. The molecular weight excluding hydrogens is 176 g/mol. The molecule has 0 spiro atoms. The Bertz CT molecular complexity index is 193. The summed E-state index contributed by atoms with van der Waals surface area (Å²) in [4.78, 5) is 0. The molecule has 2 aliphatic heterocycles. The fourth-order valence-electron chi connectivity index (χ4n) is 2.25. The normalized spacial score (nSPS) is 51.0. The largest absolute Gasteiger partial charge is 0.391 e. The first kappa shape index (κ1) is 8.79. The van der Waals surface area contributed by atoms with E-state index in [1.54, 1.807) is 0 Å². The molecule has 0 saturated carbocycles. The average Bonchev–Trinajstić information content (AvgIpc) is 2.46. The van der Waals surface area contributed by atoms with Gasteiger partial charge in [0, 0.05) is 5.41 Å². The van der Waals surface area contributed by atoms with Gasteiger partial charge in [0.2, 0.25) is 0 Å². The Morgan fingerprint density at radius 2 is 2.08 bits per heavy atom. The lowest BCUT2D eigenvalue weighted by atomic mass is 9.78. The number of aliphatic hydroxyl groups is 1. The van der Waals surface area contributed by atoms with Crippen molar-refractivity contribution in [3.63, 3.8) is 0 Å². The lowest BCUT2D eigenvalue weighted by molar-refractivity contribution is -0.134. The molecule has 4 atom stereocenters. The monoisotopic (exact) mass is 190 g/mol. The molecule has 2 rings (SSSR count).